The molecule has 0 radical (unpaired) electrons. The van der Waals surface area contributed by atoms with Crippen molar-refractivity contribution >= 4 is 11.6 Å². The first kappa shape index (κ1) is 12.5. The molecule has 1 amide bonds. The van der Waals surface area contributed by atoms with Gasteiger partial charge in [-0.2, -0.15) is 0 Å². The summed E-state index contributed by atoms with van der Waals surface area (Å²) in [5.41, 5.74) is 0.644. The van der Waals surface area contributed by atoms with Crippen LogP contribution in [0.15, 0.2) is 18.2 Å². The van der Waals surface area contributed by atoms with Crippen LogP contribution in [0.5, 0.6) is 0 Å². The highest BCUT2D eigenvalue weighted by atomic mass is 19.1. The van der Waals surface area contributed by atoms with Crippen molar-refractivity contribution in [2.75, 3.05) is 18.4 Å². The Labute approximate surface area is 95.0 Å². The number of anilines is 1. The highest BCUT2D eigenvalue weighted by Gasteiger charge is 2.13. The maximum absolute atomic E-state index is 13.5. The van der Waals surface area contributed by atoms with Crippen LogP contribution in [-0.2, 0) is 0 Å². The molecule has 0 heterocycles. The largest absolute Gasteiger partial charge is 0.382 e. The highest BCUT2D eigenvalue weighted by molar-refractivity contribution is 5.99. The fourth-order valence-corrected chi connectivity index (χ4v) is 1.40. The van der Waals surface area contributed by atoms with Crippen LogP contribution in [0, 0.1) is 5.82 Å². The quantitative estimate of drug-likeness (QED) is 0.806. The van der Waals surface area contributed by atoms with Gasteiger partial charge in [0.15, 0.2) is 0 Å². The molecular weight excluding hydrogens is 207 g/mol. The number of carbonyl (C=O) groups excluding carboxylic acids is 1. The Bertz CT molecular complexity index is 366. The summed E-state index contributed by atoms with van der Waals surface area (Å²) in [5.74, 6) is -0.641. The van der Waals surface area contributed by atoms with E-state index in [0.717, 1.165) is 6.42 Å². The van der Waals surface area contributed by atoms with Crippen molar-refractivity contribution < 1.29 is 9.18 Å². The van der Waals surface area contributed by atoms with Gasteiger partial charge in [0, 0.05) is 13.1 Å². The van der Waals surface area contributed by atoms with E-state index in [2.05, 4.69) is 10.6 Å². The minimum atomic E-state index is -0.391. The number of hydrogen-bond acceptors (Lipinski definition) is 2. The van der Waals surface area contributed by atoms with E-state index in [1.807, 2.05) is 13.8 Å². The number of amides is 1. The second kappa shape index (κ2) is 6.10. The first-order chi connectivity index (χ1) is 7.70. The smallest absolute Gasteiger partial charge is 0.253 e. The van der Waals surface area contributed by atoms with Gasteiger partial charge in [-0.15, -0.1) is 0 Å². The molecule has 0 unspecified atom stereocenters. The Hall–Kier alpha value is -1.58. The minimum Gasteiger partial charge on any atom is -0.382 e. The van der Waals surface area contributed by atoms with Gasteiger partial charge in [0.05, 0.1) is 11.3 Å². The Kier molecular flexibility index (Phi) is 4.76. The third-order valence-corrected chi connectivity index (χ3v) is 2.15. The number of para-hydroxylation sites is 1. The molecule has 0 spiro atoms. The van der Waals surface area contributed by atoms with Crippen molar-refractivity contribution in [3.05, 3.63) is 29.6 Å². The zero-order valence-corrected chi connectivity index (χ0v) is 9.64. The zero-order valence-electron chi connectivity index (χ0n) is 9.64. The van der Waals surface area contributed by atoms with Crippen molar-refractivity contribution in [2.24, 2.45) is 0 Å². The molecule has 1 aromatic rings. The molecule has 88 valence electrons. The molecule has 0 bridgehead atoms. The van der Waals surface area contributed by atoms with Gasteiger partial charge in [-0.25, -0.2) is 4.39 Å². The summed E-state index contributed by atoms with van der Waals surface area (Å²) in [6.07, 6.45) is 0.878. The van der Waals surface area contributed by atoms with Gasteiger partial charge in [0.25, 0.3) is 5.91 Å². The van der Waals surface area contributed by atoms with Crippen LogP contribution in [0.3, 0.4) is 0 Å². The lowest BCUT2D eigenvalue weighted by molar-refractivity contribution is 0.0956. The zero-order chi connectivity index (χ0) is 12.0. The molecule has 0 saturated carbocycles. The molecule has 2 N–H and O–H groups in total. The number of rotatable bonds is 5. The average Bonchev–Trinajstić information content (AvgIpc) is 2.27. The topological polar surface area (TPSA) is 41.1 Å². The first-order valence-electron chi connectivity index (χ1n) is 5.51. The maximum atomic E-state index is 13.5. The Morgan fingerprint density at radius 1 is 1.38 bits per heavy atom. The van der Waals surface area contributed by atoms with E-state index in [9.17, 15) is 9.18 Å². The number of carbonyl (C=O) groups is 1. The Balaban J connectivity index is 2.97. The maximum Gasteiger partial charge on any atom is 0.253 e. The molecule has 1 rings (SSSR count). The Morgan fingerprint density at radius 2 is 2.12 bits per heavy atom. The summed E-state index contributed by atoms with van der Waals surface area (Å²) in [5, 5.41) is 5.59. The fourth-order valence-electron chi connectivity index (χ4n) is 1.40. The van der Waals surface area contributed by atoms with E-state index in [-0.39, 0.29) is 11.6 Å². The third-order valence-electron chi connectivity index (χ3n) is 2.15. The van der Waals surface area contributed by atoms with Crippen molar-refractivity contribution in [2.45, 2.75) is 20.3 Å². The van der Waals surface area contributed by atoms with Crippen LogP contribution in [-0.4, -0.2) is 19.0 Å². The standard InChI is InChI=1S/C12H17FN2O/c1-3-8-15-11-9(12(16)14-4-2)6-5-7-10(11)13/h5-7,15H,3-4,8H2,1-2H3,(H,14,16). The second-order valence-electron chi connectivity index (χ2n) is 3.45. The third kappa shape index (κ3) is 2.95. The van der Waals surface area contributed by atoms with Crippen molar-refractivity contribution in [3.8, 4) is 0 Å². The summed E-state index contributed by atoms with van der Waals surface area (Å²) >= 11 is 0. The van der Waals surface area contributed by atoms with Crippen molar-refractivity contribution in [3.63, 3.8) is 0 Å². The second-order valence-corrected chi connectivity index (χ2v) is 3.45. The summed E-state index contributed by atoms with van der Waals surface area (Å²) in [4.78, 5) is 11.7. The SMILES string of the molecule is CCCNc1c(F)cccc1C(=O)NCC. The van der Waals surface area contributed by atoms with Crippen LogP contribution in [0.25, 0.3) is 0 Å². The van der Waals surface area contributed by atoms with E-state index in [1.165, 1.54) is 12.1 Å². The van der Waals surface area contributed by atoms with Crippen LogP contribution in [0.4, 0.5) is 10.1 Å². The molecule has 0 aliphatic rings. The summed E-state index contributed by atoms with van der Waals surface area (Å²) in [7, 11) is 0. The molecular formula is C12H17FN2O. The normalized spacial score (nSPS) is 9.94. The van der Waals surface area contributed by atoms with Gasteiger partial charge in [-0.05, 0) is 25.5 Å². The van der Waals surface area contributed by atoms with Crippen LogP contribution < -0.4 is 10.6 Å². The van der Waals surface area contributed by atoms with E-state index < -0.39 is 5.82 Å². The van der Waals surface area contributed by atoms with Gasteiger partial charge < -0.3 is 10.6 Å². The van der Waals surface area contributed by atoms with E-state index in [0.29, 0.717) is 18.7 Å². The minimum absolute atomic E-state index is 0.249. The molecule has 0 atom stereocenters. The van der Waals surface area contributed by atoms with Gasteiger partial charge in [0.1, 0.15) is 5.82 Å². The number of nitrogens with one attached hydrogen (secondary N) is 2. The predicted octanol–water partition coefficient (Wildman–Crippen LogP) is 2.40. The lowest BCUT2D eigenvalue weighted by Gasteiger charge is -2.11. The lowest BCUT2D eigenvalue weighted by atomic mass is 10.1. The number of hydrogen-bond donors (Lipinski definition) is 2. The van der Waals surface area contributed by atoms with Gasteiger partial charge in [-0.1, -0.05) is 13.0 Å². The van der Waals surface area contributed by atoms with Crippen LogP contribution >= 0.6 is 0 Å². The molecule has 3 nitrogen and oxygen atoms in total. The molecule has 16 heavy (non-hydrogen) atoms. The van der Waals surface area contributed by atoms with Gasteiger partial charge in [0.2, 0.25) is 0 Å². The van der Waals surface area contributed by atoms with Gasteiger partial charge >= 0.3 is 0 Å². The van der Waals surface area contributed by atoms with Crippen molar-refractivity contribution in [1.29, 1.82) is 0 Å². The van der Waals surface area contributed by atoms with E-state index in [4.69, 9.17) is 0 Å². The molecule has 1 aromatic carbocycles. The fraction of sp³-hybridized carbons (Fsp3) is 0.417. The summed E-state index contributed by atoms with van der Waals surface area (Å²) in [6, 6.07) is 4.50. The number of halogens is 1. The first-order valence-corrected chi connectivity index (χ1v) is 5.51. The molecule has 0 fully saturated rings. The molecule has 0 aliphatic carbocycles. The predicted molar refractivity (Wildman–Crippen MR) is 63.2 cm³/mol. The van der Waals surface area contributed by atoms with E-state index >= 15 is 0 Å². The van der Waals surface area contributed by atoms with Crippen LogP contribution in [0.1, 0.15) is 30.6 Å². The average molecular weight is 224 g/mol. The number of benzene rings is 1. The summed E-state index contributed by atoms with van der Waals surface area (Å²) in [6.45, 7) is 4.99. The molecule has 4 heteroatoms. The molecule has 0 aromatic heterocycles. The summed E-state index contributed by atoms with van der Waals surface area (Å²) < 4.78 is 13.5. The monoisotopic (exact) mass is 224 g/mol. The van der Waals surface area contributed by atoms with Crippen molar-refractivity contribution in [1.82, 2.24) is 5.32 Å². The molecule has 0 saturated heterocycles. The van der Waals surface area contributed by atoms with Crippen LogP contribution in [0.2, 0.25) is 0 Å². The van der Waals surface area contributed by atoms with Gasteiger partial charge in [-0.3, -0.25) is 4.79 Å². The van der Waals surface area contributed by atoms with E-state index in [1.54, 1.807) is 6.07 Å². The lowest BCUT2D eigenvalue weighted by Crippen LogP contribution is -2.24. The highest BCUT2D eigenvalue weighted by Crippen LogP contribution is 2.19. The Morgan fingerprint density at radius 3 is 2.75 bits per heavy atom. The molecule has 0 aliphatic heterocycles.